The van der Waals surface area contributed by atoms with Gasteiger partial charge in [-0.25, -0.2) is 0 Å². The van der Waals surface area contributed by atoms with Gasteiger partial charge >= 0.3 is 35.5 Å². The van der Waals surface area contributed by atoms with E-state index < -0.39 is 65.6 Å². The molecule has 0 aromatic heterocycles. The number of aliphatic hydroxyl groups excluding tert-OH is 2. The van der Waals surface area contributed by atoms with Gasteiger partial charge in [0, 0.05) is 23.4 Å². The van der Waals surface area contributed by atoms with Gasteiger partial charge in [0.1, 0.15) is 18.0 Å². The first-order valence-electron chi connectivity index (χ1n) is 12.2. The molecule has 0 amide bonds. The molecule has 8 atom stereocenters. The minimum Gasteiger partial charge on any atom is -0.550 e. The molecule has 0 heterocycles. The number of esters is 1. The fraction of sp³-hybridized carbons (Fsp3) is 0.692. The maximum absolute atomic E-state index is 12.6. The molecule has 4 rings (SSSR count). The number of hydrogen-bond acceptors (Lipinski definition) is 9. The van der Waals surface area contributed by atoms with Crippen molar-refractivity contribution in [3.63, 3.8) is 0 Å². The minimum atomic E-state index is -1.74. The van der Waals surface area contributed by atoms with Gasteiger partial charge in [-0.1, -0.05) is 13.8 Å². The molecule has 192 valence electrons. The molecule has 3 fully saturated rings. The number of Topliss-reactive ketones (excluding diaryl/α,β-unsaturated/α-hetero) is 1. The Kier molecular flexibility index (Phi) is 8.17. The van der Waals surface area contributed by atoms with Gasteiger partial charge in [0.05, 0.1) is 17.9 Å². The van der Waals surface area contributed by atoms with Crippen molar-refractivity contribution in [2.24, 2.45) is 34.5 Å². The van der Waals surface area contributed by atoms with Gasteiger partial charge in [0.25, 0.3) is 0 Å². The van der Waals surface area contributed by atoms with Crippen LogP contribution in [0.5, 0.6) is 0 Å². The Hall–Kier alpha value is -1.36. The van der Waals surface area contributed by atoms with E-state index in [9.17, 15) is 39.6 Å². The number of rotatable bonds is 6. The molecule has 0 aromatic rings. The van der Waals surface area contributed by atoms with E-state index in [1.54, 1.807) is 6.92 Å². The molecular formula is C26H33NaO9. The second kappa shape index (κ2) is 10.1. The molecule has 0 radical (unpaired) electrons. The van der Waals surface area contributed by atoms with Crippen molar-refractivity contribution < 1.29 is 73.9 Å². The molecule has 4 aliphatic carbocycles. The van der Waals surface area contributed by atoms with Crippen LogP contribution in [0.2, 0.25) is 0 Å². The predicted octanol–water partition coefficient (Wildman–Crippen LogP) is -2.79. The maximum atomic E-state index is 12.6. The molecule has 3 saturated carbocycles. The summed E-state index contributed by atoms with van der Waals surface area (Å²) in [5, 5.41) is 43.2. The topological polar surface area (TPSA) is 161 Å². The van der Waals surface area contributed by atoms with E-state index in [0.29, 0.717) is 12.8 Å². The normalized spacial score (nSPS) is 41.1. The number of aliphatic hydroxyl groups is 3. The third-order valence-corrected chi connectivity index (χ3v) is 9.47. The molecule has 9 nitrogen and oxygen atoms in total. The van der Waals surface area contributed by atoms with Crippen LogP contribution >= 0.6 is 0 Å². The summed E-state index contributed by atoms with van der Waals surface area (Å²) in [5.74, 6) is -3.93. The number of allylic oxidation sites excluding steroid dienone is 3. The number of aliphatic carboxylic acids is 1. The summed E-state index contributed by atoms with van der Waals surface area (Å²) >= 11 is 0. The summed E-state index contributed by atoms with van der Waals surface area (Å²) in [6.07, 6.45) is 2.31. The molecule has 10 heteroatoms. The van der Waals surface area contributed by atoms with Crippen LogP contribution in [0.4, 0.5) is 0 Å². The number of carboxylic acid groups (broad SMARTS) is 1. The molecule has 0 bridgehead atoms. The molecule has 0 aliphatic heterocycles. The molecule has 3 N–H and O–H groups in total. The average molecular weight is 513 g/mol. The number of ketones is 2. The summed E-state index contributed by atoms with van der Waals surface area (Å²) in [6.45, 7) is 4.83. The minimum absolute atomic E-state index is 0. The first kappa shape index (κ1) is 29.2. The second-order valence-corrected chi connectivity index (χ2v) is 11.2. The van der Waals surface area contributed by atoms with Crippen LogP contribution in [0.25, 0.3) is 0 Å². The molecule has 4 aliphatic rings. The first-order valence-corrected chi connectivity index (χ1v) is 12.2. The Bertz CT molecular complexity index is 1030. The Labute approximate surface area is 232 Å². The van der Waals surface area contributed by atoms with Crippen molar-refractivity contribution >= 4 is 23.5 Å². The van der Waals surface area contributed by atoms with E-state index in [1.807, 2.05) is 13.8 Å². The number of carbonyl (C=O) groups excluding carboxylic acids is 4. The summed E-state index contributed by atoms with van der Waals surface area (Å²) in [4.78, 5) is 48.4. The van der Waals surface area contributed by atoms with Crippen molar-refractivity contribution in [1.29, 1.82) is 0 Å². The van der Waals surface area contributed by atoms with Crippen LogP contribution < -0.4 is 34.7 Å². The smallest absolute Gasteiger partial charge is 0.550 e. The van der Waals surface area contributed by atoms with E-state index in [1.165, 1.54) is 12.2 Å². The van der Waals surface area contributed by atoms with E-state index in [4.69, 9.17) is 4.74 Å². The van der Waals surface area contributed by atoms with Gasteiger partial charge in [0.2, 0.25) is 0 Å². The quantitative estimate of drug-likeness (QED) is 0.252. The SMILES string of the molecule is CC1C[C@@H]2[C@H]([C@@H](O)C[C@@]3(C)[C@H]2CC[C@]3(O)C(=O)CO)[C@@]2(C)C(OC(=O)CCC(=O)[O-])=CC(=O)C=C12.[Na+]. The fourth-order valence-corrected chi connectivity index (χ4v) is 7.92. The Morgan fingerprint density at radius 3 is 2.47 bits per heavy atom. The van der Waals surface area contributed by atoms with Gasteiger partial charge in [-0.2, -0.15) is 0 Å². The zero-order chi connectivity index (χ0) is 25.9. The van der Waals surface area contributed by atoms with Crippen LogP contribution in [0, 0.1) is 34.5 Å². The van der Waals surface area contributed by atoms with E-state index in [0.717, 1.165) is 5.57 Å². The second-order valence-electron chi connectivity index (χ2n) is 11.2. The number of carbonyl (C=O) groups is 4. The maximum Gasteiger partial charge on any atom is 1.00 e. The Balaban J connectivity index is 0.00000361. The number of ether oxygens (including phenoxy) is 1. The van der Waals surface area contributed by atoms with Crippen LogP contribution in [0.1, 0.15) is 59.3 Å². The Morgan fingerprint density at radius 2 is 1.86 bits per heavy atom. The largest absolute Gasteiger partial charge is 1.00 e. The van der Waals surface area contributed by atoms with Gasteiger partial charge in [-0.3, -0.25) is 14.4 Å². The van der Waals surface area contributed by atoms with E-state index in [2.05, 4.69) is 0 Å². The van der Waals surface area contributed by atoms with Gasteiger partial charge in [0.15, 0.2) is 11.6 Å². The summed E-state index contributed by atoms with van der Waals surface area (Å²) in [7, 11) is 0. The number of fused-ring (bicyclic) bond motifs is 5. The monoisotopic (exact) mass is 512 g/mol. The molecule has 36 heavy (non-hydrogen) atoms. The standard InChI is InChI=1S/C26H34O9.Na/c1-13-8-15-16-6-7-26(34,19(30)12-27)24(16,2)11-18(29)23(15)25(3)17(13)9-14(28)10-20(25)35-22(33)5-4-21(31)32;/h9-10,13,15-16,18,23,27,29,34H,4-8,11-12H2,1-3H3,(H,31,32);/q;+1/p-1/t13?,15-,16-,18-,23+,24-,25+,26-;/m0./s1. The van der Waals surface area contributed by atoms with Gasteiger partial charge < -0.3 is 30.0 Å². The fourth-order valence-electron chi connectivity index (χ4n) is 7.92. The summed E-state index contributed by atoms with van der Waals surface area (Å²) < 4.78 is 5.59. The molecule has 0 aromatic carbocycles. The summed E-state index contributed by atoms with van der Waals surface area (Å²) in [6, 6.07) is 0. The van der Waals surface area contributed by atoms with E-state index >= 15 is 0 Å². The zero-order valence-corrected chi connectivity index (χ0v) is 23.3. The third kappa shape index (κ3) is 4.25. The van der Waals surface area contributed by atoms with Crippen molar-refractivity contribution in [2.75, 3.05) is 6.61 Å². The van der Waals surface area contributed by atoms with Crippen molar-refractivity contribution in [1.82, 2.24) is 0 Å². The van der Waals surface area contributed by atoms with Crippen LogP contribution in [-0.4, -0.2) is 57.1 Å². The average Bonchev–Trinajstić information content (AvgIpc) is 3.04. The number of hydrogen-bond donors (Lipinski definition) is 3. The third-order valence-electron chi connectivity index (χ3n) is 9.47. The van der Waals surface area contributed by atoms with Crippen molar-refractivity contribution in [3.8, 4) is 0 Å². The van der Waals surface area contributed by atoms with Gasteiger partial charge in [-0.15, -0.1) is 0 Å². The zero-order valence-electron chi connectivity index (χ0n) is 21.3. The van der Waals surface area contributed by atoms with Crippen LogP contribution in [-0.2, 0) is 23.9 Å². The predicted molar refractivity (Wildman–Crippen MR) is 119 cm³/mol. The Morgan fingerprint density at radius 1 is 1.19 bits per heavy atom. The molecule has 0 saturated heterocycles. The first-order chi connectivity index (χ1) is 16.3. The molecule has 0 spiro atoms. The van der Waals surface area contributed by atoms with Crippen LogP contribution in [0.15, 0.2) is 23.5 Å². The summed E-state index contributed by atoms with van der Waals surface area (Å²) in [5.41, 5.74) is -2.94. The van der Waals surface area contributed by atoms with E-state index in [-0.39, 0.29) is 71.7 Å². The molecule has 1 unspecified atom stereocenters. The van der Waals surface area contributed by atoms with Crippen molar-refractivity contribution in [3.05, 3.63) is 23.5 Å². The van der Waals surface area contributed by atoms with Crippen molar-refractivity contribution in [2.45, 2.75) is 71.0 Å². The number of carboxylic acids is 1. The molecular weight excluding hydrogens is 479 g/mol. The van der Waals surface area contributed by atoms with Gasteiger partial charge in [-0.05, 0) is 68.4 Å². The van der Waals surface area contributed by atoms with Crippen LogP contribution in [0.3, 0.4) is 0 Å².